The molecule has 1 aliphatic heterocycles. The van der Waals surface area contributed by atoms with Crippen molar-refractivity contribution >= 4 is 40.3 Å². The van der Waals surface area contributed by atoms with Gasteiger partial charge in [0.05, 0.1) is 15.5 Å². The van der Waals surface area contributed by atoms with Crippen molar-refractivity contribution in [3.63, 3.8) is 0 Å². The average molecular weight is 488 g/mol. The van der Waals surface area contributed by atoms with Gasteiger partial charge in [-0.15, -0.1) is 0 Å². The van der Waals surface area contributed by atoms with Crippen molar-refractivity contribution in [1.29, 1.82) is 0 Å². The van der Waals surface area contributed by atoms with Gasteiger partial charge in [0.2, 0.25) is 0 Å². The number of amides is 1. The van der Waals surface area contributed by atoms with E-state index in [1.165, 1.54) is 24.2 Å². The van der Waals surface area contributed by atoms with Gasteiger partial charge < -0.3 is 4.42 Å². The molecule has 2 fully saturated rings. The van der Waals surface area contributed by atoms with Gasteiger partial charge in [-0.05, 0) is 55.8 Å². The molecule has 0 spiro atoms. The van der Waals surface area contributed by atoms with E-state index in [1.807, 2.05) is 35.2 Å². The Kier molecular flexibility index (Phi) is 6.55. The van der Waals surface area contributed by atoms with Crippen molar-refractivity contribution in [2.75, 3.05) is 0 Å². The highest BCUT2D eigenvalue weighted by atomic mass is 32.2. The summed E-state index contributed by atoms with van der Waals surface area (Å²) in [6.45, 7) is 1.71. The minimum atomic E-state index is -0.397. The molecular weight excluding hydrogens is 462 g/mol. The number of amidine groups is 1. The highest BCUT2D eigenvalue weighted by Crippen LogP contribution is 2.39. The lowest BCUT2D eigenvalue weighted by Crippen LogP contribution is -2.40. The number of benzene rings is 2. The molecule has 0 atom stereocenters. The number of nitrogens with zero attached hydrogens (tertiary/aromatic N) is 3. The van der Waals surface area contributed by atoms with Crippen LogP contribution in [0.25, 0.3) is 17.4 Å². The molecule has 5 rings (SSSR count). The van der Waals surface area contributed by atoms with Crippen LogP contribution in [0.1, 0.15) is 43.4 Å². The first-order valence-electron chi connectivity index (χ1n) is 11.7. The smallest absolute Gasteiger partial charge is 0.273 e. The highest BCUT2D eigenvalue weighted by Gasteiger charge is 2.38. The SMILES string of the molecule is Cc1c(-c2ccc(/C=C3\SC(=Nc4ccccc4)N(C4CCCCC4)C3=O)o2)cccc1[N+](=O)[O-]. The highest BCUT2D eigenvalue weighted by molar-refractivity contribution is 8.18. The number of furan rings is 1. The van der Waals surface area contributed by atoms with E-state index in [1.54, 1.807) is 37.3 Å². The van der Waals surface area contributed by atoms with Crippen molar-refractivity contribution < 1.29 is 14.1 Å². The number of hydrogen-bond donors (Lipinski definition) is 0. The van der Waals surface area contributed by atoms with E-state index in [0.717, 1.165) is 31.4 Å². The molecule has 3 aromatic rings. The molecule has 0 radical (unpaired) electrons. The largest absolute Gasteiger partial charge is 0.457 e. The Morgan fingerprint density at radius 3 is 2.57 bits per heavy atom. The third-order valence-electron chi connectivity index (χ3n) is 6.43. The molecule has 1 saturated carbocycles. The molecule has 8 heteroatoms. The normalized spacial score (nSPS) is 19.1. The lowest BCUT2D eigenvalue weighted by Gasteiger charge is -2.30. The maximum Gasteiger partial charge on any atom is 0.273 e. The Morgan fingerprint density at radius 2 is 1.83 bits per heavy atom. The Balaban J connectivity index is 1.47. The van der Waals surface area contributed by atoms with Crippen molar-refractivity contribution in [2.24, 2.45) is 4.99 Å². The number of carbonyl (C=O) groups excluding carboxylic acids is 1. The first kappa shape index (κ1) is 23.1. The van der Waals surface area contributed by atoms with Crippen molar-refractivity contribution in [1.82, 2.24) is 4.90 Å². The van der Waals surface area contributed by atoms with Crippen LogP contribution in [0.5, 0.6) is 0 Å². The van der Waals surface area contributed by atoms with Crippen LogP contribution in [-0.4, -0.2) is 26.9 Å². The van der Waals surface area contributed by atoms with Gasteiger partial charge in [-0.2, -0.15) is 0 Å². The van der Waals surface area contributed by atoms with Crippen LogP contribution in [0.3, 0.4) is 0 Å². The maximum absolute atomic E-state index is 13.5. The molecule has 2 aliphatic rings. The number of nitro benzene ring substituents is 1. The third kappa shape index (κ3) is 4.79. The molecular formula is C27H25N3O4S. The predicted octanol–water partition coefficient (Wildman–Crippen LogP) is 7.10. The van der Waals surface area contributed by atoms with Crippen LogP contribution in [0.2, 0.25) is 0 Å². The zero-order chi connectivity index (χ0) is 24.4. The molecule has 1 aliphatic carbocycles. The van der Waals surface area contributed by atoms with E-state index in [2.05, 4.69) is 0 Å². The molecule has 7 nitrogen and oxygen atoms in total. The van der Waals surface area contributed by atoms with Gasteiger partial charge in [-0.1, -0.05) is 49.6 Å². The van der Waals surface area contributed by atoms with Crippen LogP contribution in [-0.2, 0) is 4.79 Å². The summed E-state index contributed by atoms with van der Waals surface area (Å²) in [6.07, 6.45) is 7.12. The maximum atomic E-state index is 13.5. The van der Waals surface area contributed by atoms with Gasteiger partial charge in [0, 0.05) is 29.3 Å². The number of thioether (sulfide) groups is 1. The summed E-state index contributed by atoms with van der Waals surface area (Å²) in [5, 5.41) is 12.0. The molecule has 0 bridgehead atoms. The molecule has 0 N–H and O–H groups in total. The summed E-state index contributed by atoms with van der Waals surface area (Å²) < 4.78 is 6.01. The fraction of sp³-hybridized carbons (Fsp3) is 0.259. The second kappa shape index (κ2) is 9.92. The Hall–Kier alpha value is -3.65. The second-order valence-corrected chi connectivity index (χ2v) is 9.73. The van der Waals surface area contributed by atoms with Gasteiger partial charge in [0.1, 0.15) is 11.5 Å². The minimum Gasteiger partial charge on any atom is -0.457 e. The summed E-state index contributed by atoms with van der Waals surface area (Å²) in [5.41, 5.74) is 2.05. The summed E-state index contributed by atoms with van der Waals surface area (Å²) in [7, 11) is 0. The summed E-state index contributed by atoms with van der Waals surface area (Å²) in [6, 6.07) is 18.3. The van der Waals surface area contributed by atoms with Gasteiger partial charge >= 0.3 is 0 Å². The van der Waals surface area contributed by atoms with Crippen LogP contribution in [0.4, 0.5) is 11.4 Å². The van der Waals surface area contributed by atoms with Crippen molar-refractivity contribution in [2.45, 2.75) is 45.1 Å². The molecule has 2 heterocycles. The van der Waals surface area contributed by atoms with E-state index in [9.17, 15) is 14.9 Å². The van der Waals surface area contributed by atoms with Crippen molar-refractivity contribution in [3.05, 3.63) is 87.0 Å². The standard InChI is InChI=1S/C27H25N3O4S/c1-18-22(13-8-14-23(18)30(32)33)24-16-15-21(34-24)17-25-26(31)29(20-11-6-3-7-12-20)27(35-25)28-19-9-4-2-5-10-19/h2,4-5,8-10,13-17,20H,3,6-7,11-12H2,1H3/b25-17-,28-27?. The van der Waals surface area contributed by atoms with Crippen LogP contribution in [0.15, 0.2) is 75.0 Å². The van der Waals surface area contributed by atoms with E-state index in [0.29, 0.717) is 32.7 Å². The van der Waals surface area contributed by atoms with Crippen LogP contribution in [0, 0.1) is 17.0 Å². The van der Waals surface area contributed by atoms with Gasteiger partial charge in [-0.25, -0.2) is 4.99 Å². The Labute approximate surface area is 207 Å². The summed E-state index contributed by atoms with van der Waals surface area (Å²) in [4.78, 5) is 31.6. The topological polar surface area (TPSA) is 89.0 Å². The zero-order valence-corrected chi connectivity index (χ0v) is 20.2. The zero-order valence-electron chi connectivity index (χ0n) is 19.3. The van der Waals surface area contributed by atoms with E-state index < -0.39 is 4.92 Å². The van der Waals surface area contributed by atoms with Gasteiger partial charge in [-0.3, -0.25) is 19.8 Å². The van der Waals surface area contributed by atoms with E-state index in [-0.39, 0.29) is 17.6 Å². The van der Waals surface area contributed by atoms with Gasteiger partial charge in [0.15, 0.2) is 5.17 Å². The van der Waals surface area contributed by atoms with E-state index in [4.69, 9.17) is 9.41 Å². The Morgan fingerprint density at radius 1 is 1.06 bits per heavy atom. The number of aliphatic imine (C=N–C) groups is 1. The molecule has 1 saturated heterocycles. The summed E-state index contributed by atoms with van der Waals surface area (Å²) >= 11 is 1.36. The second-order valence-electron chi connectivity index (χ2n) is 8.72. The van der Waals surface area contributed by atoms with Crippen LogP contribution >= 0.6 is 11.8 Å². The quantitative estimate of drug-likeness (QED) is 0.217. The first-order valence-corrected chi connectivity index (χ1v) is 12.5. The molecule has 178 valence electrons. The molecule has 0 unspecified atom stereocenters. The minimum absolute atomic E-state index is 0.0465. The summed E-state index contributed by atoms with van der Waals surface area (Å²) in [5.74, 6) is 0.989. The number of hydrogen-bond acceptors (Lipinski definition) is 6. The van der Waals surface area contributed by atoms with Crippen molar-refractivity contribution in [3.8, 4) is 11.3 Å². The van der Waals surface area contributed by atoms with Gasteiger partial charge in [0.25, 0.3) is 11.6 Å². The average Bonchev–Trinajstić information content (AvgIpc) is 3.44. The lowest BCUT2D eigenvalue weighted by molar-refractivity contribution is -0.385. The molecule has 2 aromatic carbocycles. The fourth-order valence-electron chi connectivity index (χ4n) is 4.63. The number of carbonyl (C=O) groups is 1. The predicted molar refractivity (Wildman–Crippen MR) is 138 cm³/mol. The Bertz CT molecular complexity index is 1320. The lowest BCUT2D eigenvalue weighted by atomic mass is 9.94. The first-order chi connectivity index (χ1) is 17.0. The molecule has 1 aromatic heterocycles. The molecule has 35 heavy (non-hydrogen) atoms. The number of rotatable bonds is 5. The van der Waals surface area contributed by atoms with E-state index >= 15 is 0 Å². The molecule has 1 amide bonds. The number of para-hydroxylation sites is 1. The fourth-order valence-corrected chi connectivity index (χ4v) is 5.67. The number of nitro groups is 1. The third-order valence-corrected chi connectivity index (χ3v) is 7.41. The monoisotopic (exact) mass is 487 g/mol. The van der Waals surface area contributed by atoms with Crippen LogP contribution < -0.4 is 0 Å².